The van der Waals surface area contributed by atoms with Crippen molar-refractivity contribution in [1.29, 1.82) is 0 Å². The number of pyridine rings is 1. The summed E-state index contributed by atoms with van der Waals surface area (Å²) in [6, 6.07) is 0. The smallest absolute Gasteiger partial charge is 0.140 e. The first-order chi connectivity index (χ1) is 8.16. The van der Waals surface area contributed by atoms with Crippen LogP contribution in [-0.4, -0.2) is 36.5 Å². The van der Waals surface area contributed by atoms with Gasteiger partial charge in [0.2, 0.25) is 0 Å². The maximum absolute atomic E-state index is 8.53. The van der Waals surface area contributed by atoms with Gasteiger partial charge in [-0.1, -0.05) is 0 Å². The van der Waals surface area contributed by atoms with Crippen molar-refractivity contribution in [3.63, 3.8) is 0 Å². The zero-order chi connectivity index (χ0) is 12.7. The predicted octanol–water partition coefficient (Wildman–Crippen LogP) is 1.55. The molecule has 0 amide bonds. The Kier molecular flexibility index (Phi) is 6.25. The Morgan fingerprint density at radius 2 is 2.29 bits per heavy atom. The van der Waals surface area contributed by atoms with E-state index < -0.39 is 0 Å². The number of nitrogens with two attached hydrogens (primary N) is 1. The first-order valence-electron chi connectivity index (χ1n) is 5.50. The van der Waals surface area contributed by atoms with Gasteiger partial charge in [-0.25, -0.2) is 4.98 Å². The second-order valence-electron chi connectivity index (χ2n) is 3.62. The minimum Gasteiger partial charge on any atom is -0.397 e. The molecule has 0 aromatic carbocycles. The first-order valence-corrected chi connectivity index (χ1v) is 6.29. The first kappa shape index (κ1) is 14.2. The Labute approximate surface area is 110 Å². The summed E-state index contributed by atoms with van der Waals surface area (Å²) in [5.41, 5.74) is 7.40. The van der Waals surface area contributed by atoms with Gasteiger partial charge < -0.3 is 20.9 Å². The van der Waals surface area contributed by atoms with Crippen molar-refractivity contribution in [1.82, 2.24) is 4.98 Å². The van der Waals surface area contributed by atoms with E-state index in [0.29, 0.717) is 18.9 Å². The largest absolute Gasteiger partial charge is 0.397 e. The molecule has 1 rings (SSSR count). The van der Waals surface area contributed by atoms with Crippen LogP contribution >= 0.6 is 15.9 Å². The van der Waals surface area contributed by atoms with Crippen LogP contribution in [0.15, 0.2) is 10.7 Å². The molecule has 0 aliphatic carbocycles. The van der Waals surface area contributed by atoms with Gasteiger partial charge in [-0.15, -0.1) is 0 Å². The number of hydrogen-bond acceptors (Lipinski definition) is 5. The Bertz CT molecular complexity index is 361. The van der Waals surface area contributed by atoms with Crippen LogP contribution in [0.2, 0.25) is 0 Å². The molecule has 0 aliphatic rings. The monoisotopic (exact) mass is 303 g/mol. The van der Waals surface area contributed by atoms with Crippen LogP contribution in [0.5, 0.6) is 0 Å². The van der Waals surface area contributed by atoms with Crippen molar-refractivity contribution in [2.75, 3.05) is 37.4 Å². The third kappa shape index (κ3) is 4.49. The number of ether oxygens (including phenoxy) is 1. The second kappa shape index (κ2) is 7.47. The number of aromatic nitrogens is 1. The van der Waals surface area contributed by atoms with Crippen LogP contribution in [0.1, 0.15) is 12.0 Å². The lowest BCUT2D eigenvalue weighted by Crippen LogP contribution is -2.09. The van der Waals surface area contributed by atoms with Crippen molar-refractivity contribution in [2.24, 2.45) is 0 Å². The van der Waals surface area contributed by atoms with E-state index in [1.165, 1.54) is 0 Å². The number of halogens is 1. The van der Waals surface area contributed by atoms with Gasteiger partial charge in [-0.3, -0.25) is 0 Å². The molecule has 1 heterocycles. The lowest BCUT2D eigenvalue weighted by atomic mass is 10.2. The van der Waals surface area contributed by atoms with Gasteiger partial charge in [0.15, 0.2) is 0 Å². The molecule has 1 aromatic rings. The van der Waals surface area contributed by atoms with Gasteiger partial charge in [0.05, 0.1) is 29.6 Å². The summed E-state index contributed by atoms with van der Waals surface area (Å²) in [5.74, 6) is 0.791. The zero-order valence-corrected chi connectivity index (χ0v) is 11.5. The van der Waals surface area contributed by atoms with Crippen molar-refractivity contribution in [3.05, 3.63) is 16.2 Å². The zero-order valence-electron chi connectivity index (χ0n) is 9.87. The van der Waals surface area contributed by atoms with Gasteiger partial charge >= 0.3 is 0 Å². The molecule has 0 spiro atoms. The highest BCUT2D eigenvalue weighted by molar-refractivity contribution is 9.10. The highest BCUT2D eigenvalue weighted by Gasteiger charge is 2.06. The topological polar surface area (TPSA) is 80.4 Å². The quantitative estimate of drug-likeness (QED) is 0.666. The van der Waals surface area contributed by atoms with E-state index in [9.17, 15) is 0 Å². The fourth-order valence-corrected chi connectivity index (χ4v) is 1.73. The van der Waals surface area contributed by atoms with Crippen LogP contribution in [0.3, 0.4) is 0 Å². The highest BCUT2D eigenvalue weighted by Crippen LogP contribution is 2.27. The molecular formula is C11H18BrN3O2. The SMILES string of the molecule is Cc1c(N)cnc(NCCCOCCO)c1Br. The molecule has 0 bridgehead atoms. The molecule has 17 heavy (non-hydrogen) atoms. The molecule has 0 saturated heterocycles. The molecule has 0 aliphatic heterocycles. The Balaban J connectivity index is 2.35. The molecule has 0 fully saturated rings. The van der Waals surface area contributed by atoms with Crippen LogP contribution in [0.4, 0.5) is 11.5 Å². The summed E-state index contributed by atoms with van der Waals surface area (Å²) < 4.78 is 6.05. The third-order valence-corrected chi connectivity index (χ3v) is 3.27. The second-order valence-corrected chi connectivity index (χ2v) is 4.41. The standard InChI is InChI=1S/C11H18BrN3O2/c1-8-9(13)7-15-11(10(8)12)14-3-2-5-17-6-4-16/h7,16H,2-6,13H2,1H3,(H,14,15). The van der Waals surface area contributed by atoms with Gasteiger partial charge in [-0.05, 0) is 34.8 Å². The number of rotatable bonds is 7. The lowest BCUT2D eigenvalue weighted by molar-refractivity contribution is 0.0922. The normalized spacial score (nSPS) is 10.5. The lowest BCUT2D eigenvalue weighted by Gasteiger charge is -2.10. The molecule has 0 radical (unpaired) electrons. The van der Waals surface area contributed by atoms with E-state index in [4.69, 9.17) is 15.6 Å². The molecule has 0 unspecified atom stereocenters. The van der Waals surface area contributed by atoms with Gasteiger partial charge in [-0.2, -0.15) is 0 Å². The van der Waals surface area contributed by atoms with Gasteiger partial charge in [0.25, 0.3) is 0 Å². The number of aliphatic hydroxyl groups excluding tert-OH is 1. The number of aliphatic hydroxyl groups is 1. The van der Waals surface area contributed by atoms with E-state index in [2.05, 4.69) is 26.2 Å². The molecule has 6 heteroatoms. The summed E-state index contributed by atoms with van der Waals surface area (Å²) in [5, 5.41) is 11.7. The van der Waals surface area contributed by atoms with E-state index in [-0.39, 0.29) is 6.61 Å². The average molecular weight is 304 g/mol. The van der Waals surface area contributed by atoms with Crippen LogP contribution in [0, 0.1) is 6.92 Å². The minimum absolute atomic E-state index is 0.0672. The summed E-state index contributed by atoms with van der Waals surface area (Å²) in [6.07, 6.45) is 2.50. The molecule has 1 aromatic heterocycles. The van der Waals surface area contributed by atoms with Crippen molar-refractivity contribution in [3.8, 4) is 0 Å². The van der Waals surface area contributed by atoms with E-state index >= 15 is 0 Å². The molecule has 0 saturated carbocycles. The number of nitrogen functional groups attached to an aromatic ring is 1. The minimum atomic E-state index is 0.0672. The molecular weight excluding hydrogens is 286 g/mol. The van der Waals surface area contributed by atoms with Crippen LogP contribution in [0.25, 0.3) is 0 Å². The van der Waals surface area contributed by atoms with Crippen molar-refractivity contribution < 1.29 is 9.84 Å². The van der Waals surface area contributed by atoms with Crippen LogP contribution < -0.4 is 11.1 Å². The van der Waals surface area contributed by atoms with Gasteiger partial charge in [0.1, 0.15) is 5.82 Å². The summed E-state index contributed by atoms with van der Waals surface area (Å²) >= 11 is 3.46. The number of nitrogens with one attached hydrogen (secondary N) is 1. The molecule has 96 valence electrons. The molecule has 4 N–H and O–H groups in total. The molecule has 5 nitrogen and oxygen atoms in total. The summed E-state index contributed by atoms with van der Waals surface area (Å²) in [7, 11) is 0. The highest BCUT2D eigenvalue weighted by atomic mass is 79.9. The van der Waals surface area contributed by atoms with Crippen LogP contribution in [-0.2, 0) is 4.74 Å². The number of anilines is 2. The Hall–Kier alpha value is -0.850. The summed E-state index contributed by atoms with van der Waals surface area (Å²) in [6.45, 7) is 3.79. The van der Waals surface area contributed by atoms with Crippen molar-refractivity contribution in [2.45, 2.75) is 13.3 Å². The Morgan fingerprint density at radius 1 is 1.53 bits per heavy atom. The summed E-state index contributed by atoms with van der Waals surface area (Å²) in [4.78, 5) is 4.21. The Morgan fingerprint density at radius 3 is 3.00 bits per heavy atom. The maximum atomic E-state index is 8.53. The number of hydrogen-bond donors (Lipinski definition) is 3. The molecule has 0 atom stereocenters. The fraction of sp³-hybridized carbons (Fsp3) is 0.545. The average Bonchev–Trinajstić information content (AvgIpc) is 2.33. The maximum Gasteiger partial charge on any atom is 0.140 e. The van der Waals surface area contributed by atoms with Gasteiger partial charge in [0, 0.05) is 13.2 Å². The predicted molar refractivity (Wildman–Crippen MR) is 72.1 cm³/mol. The number of nitrogens with zero attached hydrogens (tertiary/aromatic N) is 1. The fourth-order valence-electron chi connectivity index (χ4n) is 1.26. The van der Waals surface area contributed by atoms with E-state index in [1.54, 1.807) is 6.20 Å². The third-order valence-electron chi connectivity index (χ3n) is 2.30. The van der Waals surface area contributed by atoms with E-state index in [1.807, 2.05) is 6.92 Å². The van der Waals surface area contributed by atoms with Crippen molar-refractivity contribution >= 4 is 27.4 Å². The van der Waals surface area contributed by atoms with E-state index in [0.717, 1.165) is 28.8 Å².